The van der Waals surface area contributed by atoms with Gasteiger partial charge in [-0.3, -0.25) is 0 Å². The van der Waals surface area contributed by atoms with E-state index in [4.69, 9.17) is 5.73 Å². The first kappa shape index (κ1) is 10.3. The Hall–Kier alpha value is -1.88. The highest BCUT2D eigenvalue weighted by atomic mass is 15.1. The van der Waals surface area contributed by atoms with E-state index in [1.807, 2.05) is 24.3 Å². The Labute approximate surface area is 99.4 Å². The van der Waals surface area contributed by atoms with Crippen molar-refractivity contribution in [1.29, 1.82) is 0 Å². The molecule has 3 rings (SSSR count). The fourth-order valence-electron chi connectivity index (χ4n) is 2.09. The lowest BCUT2D eigenvalue weighted by Crippen LogP contribution is -2.23. The molecular formula is C12H15N5. The molecule has 0 spiro atoms. The lowest BCUT2D eigenvalue weighted by atomic mass is 10.2. The second-order valence-electron chi connectivity index (χ2n) is 4.28. The molecule has 1 saturated heterocycles. The molecule has 0 radical (unpaired) electrons. The molecule has 1 aliphatic heterocycles. The molecule has 2 heterocycles. The van der Waals surface area contributed by atoms with Gasteiger partial charge in [-0.05, 0) is 25.1 Å². The Kier molecular flexibility index (Phi) is 2.53. The number of para-hydroxylation sites is 2. The average molecular weight is 229 g/mol. The Bertz CT molecular complexity index is 533. The zero-order chi connectivity index (χ0) is 11.7. The van der Waals surface area contributed by atoms with E-state index in [-0.39, 0.29) is 0 Å². The molecule has 0 bridgehead atoms. The van der Waals surface area contributed by atoms with E-state index in [0.717, 1.165) is 30.5 Å². The quantitative estimate of drug-likeness (QED) is 0.716. The summed E-state index contributed by atoms with van der Waals surface area (Å²) in [5.74, 6) is 1.16. The van der Waals surface area contributed by atoms with Gasteiger partial charge in [-0.2, -0.15) is 0 Å². The summed E-state index contributed by atoms with van der Waals surface area (Å²) >= 11 is 0. The van der Waals surface area contributed by atoms with E-state index in [9.17, 15) is 0 Å². The first-order valence-electron chi connectivity index (χ1n) is 5.82. The summed E-state index contributed by atoms with van der Waals surface area (Å²) in [7, 11) is 0. The molecule has 1 fully saturated rings. The van der Waals surface area contributed by atoms with E-state index < -0.39 is 0 Å². The molecular weight excluding hydrogens is 214 g/mol. The fourth-order valence-corrected chi connectivity index (χ4v) is 2.09. The maximum Gasteiger partial charge on any atom is 0.169 e. The molecule has 17 heavy (non-hydrogen) atoms. The molecule has 0 saturated carbocycles. The minimum Gasteiger partial charge on any atom is -0.381 e. The molecule has 4 N–H and O–H groups in total. The molecule has 1 atom stereocenters. The van der Waals surface area contributed by atoms with Gasteiger partial charge in [0.05, 0.1) is 11.0 Å². The minimum atomic E-state index is 0.396. The topological polar surface area (TPSA) is 75.9 Å². The van der Waals surface area contributed by atoms with Crippen LogP contribution in [0, 0.1) is 0 Å². The second-order valence-corrected chi connectivity index (χ2v) is 4.28. The standard InChI is InChI=1S/C12H15N5/c13-11-12(15-8-5-6-14-7-8)17-10-4-2-1-3-9(10)16-11/h1-4,8,14H,5-7H2,(H2,13,16)(H,15,17)/t8-/m1/s1. The van der Waals surface area contributed by atoms with Crippen LogP contribution >= 0.6 is 0 Å². The minimum absolute atomic E-state index is 0.396. The van der Waals surface area contributed by atoms with Crippen molar-refractivity contribution < 1.29 is 0 Å². The van der Waals surface area contributed by atoms with Crippen LogP contribution in [0.2, 0.25) is 0 Å². The number of anilines is 2. The summed E-state index contributed by atoms with van der Waals surface area (Å²) in [6.45, 7) is 1.99. The number of nitrogens with one attached hydrogen (secondary N) is 2. The molecule has 2 aromatic rings. The molecule has 5 heteroatoms. The summed E-state index contributed by atoms with van der Waals surface area (Å²) < 4.78 is 0. The van der Waals surface area contributed by atoms with Gasteiger partial charge in [0.25, 0.3) is 0 Å². The largest absolute Gasteiger partial charge is 0.381 e. The van der Waals surface area contributed by atoms with Crippen molar-refractivity contribution in [2.24, 2.45) is 0 Å². The number of nitrogen functional groups attached to an aromatic ring is 1. The number of hydrogen-bond donors (Lipinski definition) is 3. The highest BCUT2D eigenvalue weighted by molar-refractivity contribution is 5.79. The zero-order valence-corrected chi connectivity index (χ0v) is 9.48. The van der Waals surface area contributed by atoms with Crippen LogP contribution in [-0.2, 0) is 0 Å². The Balaban J connectivity index is 1.95. The van der Waals surface area contributed by atoms with Crippen LogP contribution in [0.4, 0.5) is 11.6 Å². The van der Waals surface area contributed by atoms with Gasteiger partial charge in [0.2, 0.25) is 0 Å². The summed E-state index contributed by atoms with van der Waals surface area (Å²) in [5, 5.41) is 6.64. The van der Waals surface area contributed by atoms with Crippen molar-refractivity contribution in [3.63, 3.8) is 0 Å². The molecule has 0 amide bonds. The van der Waals surface area contributed by atoms with Gasteiger partial charge in [-0.15, -0.1) is 0 Å². The maximum absolute atomic E-state index is 5.91. The van der Waals surface area contributed by atoms with Crippen LogP contribution in [-0.4, -0.2) is 29.1 Å². The summed E-state index contributed by atoms with van der Waals surface area (Å²) in [4.78, 5) is 8.86. The van der Waals surface area contributed by atoms with Crippen molar-refractivity contribution in [3.05, 3.63) is 24.3 Å². The van der Waals surface area contributed by atoms with Crippen LogP contribution in [0.25, 0.3) is 11.0 Å². The predicted molar refractivity (Wildman–Crippen MR) is 68.8 cm³/mol. The Morgan fingerprint density at radius 1 is 1.24 bits per heavy atom. The van der Waals surface area contributed by atoms with Crippen molar-refractivity contribution in [2.75, 3.05) is 24.1 Å². The normalized spacial score (nSPS) is 19.6. The lowest BCUT2D eigenvalue weighted by molar-refractivity contribution is 0.788. The molecule has 1 aliphatic rings. The lowest BCUT2D eigenvalue weighted by Gasteiger charge is -2.13. The molecule has 5 nitrogen and oxygen atoms in total. The van der Waals surface area contributed by atoms with Crippen molar-refractivity contribution >= 4 is 22.7 Å². The number of fused-ring (bicyclic) bond motifs is 1. The van der Waals surface area contributed by atoms with Gasteiger partial charge in [0.15, 0.2) is 11.6 Å². The Morgan fingerprint density at radius 3 is 2.71 bits per heavy atom. The van der Waals surface area contributed by atoms with E-state index in [2.05, 4.69) is 20.6 Å². The molecule has 1 aromatic heterocycles. The second kappa shape index (κ2) is 4.18. The summed E-state index contributed by atoms with van der Waals surface area (Å²) in [6, 6.07) is 8.14. The van der Waals surface area contributed by atoms with Gasteiger partial charge >= 0.3 is 0 Å². The number of rotatable bonds is 2. The first-order valence-corrected chi connectivity index (χ1v) is 5.82. The smallest absolute Gasteiger partial charge is 0.169 e. The van der Waals surface area contributed by atoms with E-state index in [0.29, 0.717) is 17.7 Å². The van der Waals surface area contributed by atoms with Crippen LogP contribution < -0.4 is 16.4 Å². The monoisotopic (exact) mass is 229 g/mol. The van der Waals surface area contributed by atoms with Gasteiger partial charge in [-0.1, -0.05) is 12.1 Å². The number of hydrogen-bond acceptors (Lipinski definition) is 5. The van der Waals surface area contributed by atoms with Crippen molar-refractivity contribution in [1.82, 2.24) is 15.3 Å². The third-order valence-electron chi connectivity index (χ3n) is 3.00. The van der Waals surface area contributed by atoms with Crippen molar-refractivity contribution in [2.45, 2.75) is 12.5 Å². The first-order chi connectivity index (χ1) is 8.33. The molecule has 88 valence electrons. The van der Waals surface area contributed by atoms with Gasteiger partial charge in [-0.25, -0.2) is 9.97 Å². The van der Waals surface area contributed by atoms with E-state index >= 15 is 0 Å². The van der Waals surface area contributed by atoms with Gasteiger partial charge in [0.1, 0.15) is 0 Å². The van der Waals surface area contributed by atoms with Crippen molar-refractivity contribution in [3.8, 4) is 0 Å². The summed E-state index contributed by atoms with van der Waals surface area (Å²) in [5.41, 5.74) is 7.61. The fraction of sp³-hybridized carbons (Fsp3) is 0.333. The van der Waals surface area contributed by atoms with Gasteiger partial charge in [0, 0.05) is 12.6 Å². The van der Waals surface area contributed by atoms with Crippen LogP contribution in [0.15, 0.2) is 24.3 Å². The zero-order valence-electron chi connectivity index (χ0n) is 9.48. The Morgan fingerprint density at radius 2 is 2.00 bits per heavy atom. The number of benzene rings is 1. The number of nitrogens with two attached hydrogens (primary N) is 1. The summed E-state index contributed by atoms with van der Waals surface area (Å²) in [6.07, 6.45) is 1.09. The van der Waals surface area contributed by atoms with E-state index in [1.165, 1.54) is 0 Å². The van der Waals surface area contributed by atoms with Crippen LogP contribution in [0.5, 0.6) is 0 Å². The highest BCUT2D eigenvalue weighted by Crippen LogP contribution is 2.19. The van der Waals surface area contributed by atoms with E-state index in [1.54, 1.807) is 0 Å². The van der Waals surface area contributed by atoms with Gasteiger partial charge < -0.3 is 16.4 Å². The number of nitrogens with zero attached hydrogens (tertiary/aromatic N) is 2. The average Bonchev–Trinajstić information content (AvgIpc) is 2.83. The SMILES string of the molecule is Nc1nc2ccccc2nc1N[C@@H]1CCNC1. The predicted octanol–water partition coefficient (Wildman–Crippen LogP) is 0.986. The molecule has 0 aliphatic carbocycles. The number of aromatic nitrogens is 2. The maximum atomic E-state index is 5.91. The van der Waals surface area contributed by atoms with Crippen LogP contribution in [0.3, 0.4) is 0 Å². The third kappa shape index (κ3) is 2.01. The molecule has 1 aromatic carbocycles. The van der Waals surface area contributed by atoms with Crippen LogP contribution in [0.1, 0.15) is 6.42 Å². The highest BCUT2D eigenvalue weighted by Gasteiger charge is 2.16. The molecule has 0 unspecified atom stereocenters. The third-order valence-corrected chi connectivity index (χ3v) is 3.00.